The Morgan fingerprint density at radius 2 is 1.82 bits per heavy atom. The summed E-state index contributed by atoms with van der Waals surface area (Å²) in [5, 5.41) is 0. The van der Waals surface area contributed by atoms with Gasteiger partial charge in [-0.2, -0.15) is 4.31 Å². The average molecular weight is 426 g/mol. The van der Waals surface area contributed by atoms with E-state index in [4.69, 9.17) is 4.74 Å². The van der Waals surface area contributed by atoms with Gasteiger partial charge in [0.15, 0.2) is 0 Å². The molecule has 2 bridgehead atoms. The van der Waals surface area contributed by atoms with Crippen molar-refractivity contribution in [3.63, 3.8) is 0 Å². The minimum atomic E-state index is -4.36. The topological polar surface area (TPSA) is 97.8 Å². The summed E-state index contributed by atoms with van der Waals surface area (Å²) in [5.41, 5.74) is -1.32. The van der Waals surface area contributed by atoms with Crippen molar-refractivity contribution in [1.29, 1.82) is 0 Å². The molecule has 2 unspecified atom stereocenters. The zero-order chi connectivity index (χ0) is 20.9. The summed E-state index contributed by atoms with van der Waals surface area (Å²) in [6.45, 7) is 5.42. The molecule has 1 saturated carbocycles. The lowest BCUT2D eigenvalue weighted by Crippen LogP contribution is -2.60. The van der Waals surface area contributed by atoms with Crippen LogP contribution in [-0.2, 0) is 24.3 Å². The summed E-state index contributed by atoms with van der Waals surface area (Å²) in [6, 6.07) is 5.06. The number of nitrogens with zero attached hydrogens (tertiary/aromatic N) is 1. The first-order valence-corrected chi connectivity index (χ1v) is 11.7. The Labute approximate surface area is 168 Å². The molecule has 0 N–H and O–H groups in total. The molecule has 0 spiro atoms. The van der Waals surface area contributed by atoms with Gasteiger partial charge in [-0.3, -0.25) is 9.59 Å². The predicted octanol–water partition coefficient (Wildman–Crippen LogP) is 2.66. The number of hydrogen-bond acceptors (Lipinski definition) is 7. The second kappa shape index (κ2) is 6.88. The predicted molar refractivity (Wildman–Crippen MR) is 104 cm³/mol. The quantitative estimate of drug-likeness (QED) is 0.406. The molecule has 1 aromatic carbocycles. The number of hydrogen-bond donors (Lipinski definition) is 0. The van der Waals surface area contributed by atoms with Crippen molar-refractivity contribution in [3.8, 4) is 0 Å². The molecule has 0 radical (unpaired) electrons. The normalized spacial score (nSPS) is 26.4. The molecule has 3 rings (SSSR count). The number of piperidine rings is 1. The van der Waals surface area contributed by atoms with Crippen LogP contribution < -0.4 is 0 Å². The highest BCUT2D eigenvalue weighted by molar-refractivity contribution is 7.98. The number of fused-ring (bicyclic) bond motifs is 2. The third-order valence-electron chi connectivity index (χ3n) is 6.32. The second-order valence-electron chi connectivity index (χ2n) is 7.92. The molecule has 1 saturated heterocycles. The summed E-state index contributed by atoms with van der Waals surface area (Å²) >= 11 is 1.34. The zero-order valence-electron chi connectivity index (χ0n) is 16.2. The fourth-order valence-electron chi connectivity index (χ4n) is 4.07. The van der Waals surface area contributed by atoms with Crippen molar-refractivity contribution in [3.05, 3.63) is 29.8 Å². The Kier molecular flexibility index (Phi) is 5.12. The molecule has 2 fully saturated rings. The summed E-state index contributed by atoms with van der Waals surface area (Å²) < 4.78 is 31.6. The average Bonchev–Trinajstić information content (AvgIpc) is 2.82. The molecule has 152 valence electrons. The van der Waals surface area contributed by atoms with Crippen molar-refractivity contribution < 1.29 is 27.5 Å². The van der Waals surface area contributed by atoms with E-state index in [1.165, 1.54) is 36.0 Å². The number of imide groups is 1. The van der Waals surface area contributed by atoms with Crippen LogP contribution in [0.4, 0.5) is 0 Å². The molecule has 1 aromatic rings. The maximum atomic E-state index is 13.1. The van der Waals surface area contributed by atoms with E-state index in [2.05, 4.69) is 0 Å². The van der Waals surface area contributed by atoms with E-state index in [0.29, 0.717) is 17.1 Å². The third-order valence-corrected chi connectivity index (χ3v) is 8.37. The van der Waals surface area contributed by atoms with Gasteiger partial charge in [0.1, 0.15) is 5.94 Å². The Balaban J connectivity index is 1.94. The molecular formula is C19H23NO6S2. The lowest BCUT2D eigenvalue weighted by molar-refractivity contribution is -0.160. The highest BCUT2D eigenvalue weighted by Gasteiger charge is 2.66. The Morgan fingerprint density at radius 1 is 1.21 bits per heavy atom. The van der Waals surface area contributed by atoms with E-state index >= 15 is 0 Å². The van der Waals surface area contributed by atoms with Gasteiger partial charge >= 0.3 is 5.97 Å². The van der Waals surface area contributed by atoms with Gasteiger partial charge in [-0.05, 0) is 48.8 Å². The maximum absolute atomic E-state index is 13.1. The van der Waals surface area contributed by atoms with Gasteiger partial charge in [-0.15, -0.1) is 11.8 Å². The van der Waals surface area contributed by atoms with Crippen molar-refractivity contribution in [2.75, 3.05) is 12.2 Å². The smallest absolute Gasteiger partial charge is 0.338 e. The molecule has 1 heterocycles. The SMILES string of the molecule is CSCOC(=O)c1ccc(S(=O)(=O)N2C(=O)C3CCC(C)(C2=O)C3(C)C)cc1. The van der Waals surface area contributed by atoms with Gasteiger partial charge in [-0.1, -0.05) is 20.8 Å². The standard InChI is InChI=1S/C19H23NO6S2/c1-18(2)14-9-10-19(18,3)17(23)20(15(14)21)28(24,25)13-7-5-12(6-8-13)16(22)26-11-27-4/h5-8,14H,9-11H2,1-4H3. The van der Waals surface area contributed by atoms with Crippen LogP contribution in [0.3, 0.4) is 0 Å². The molecule has 2 atom stereocenters. The highest BCUT2D eigenvalue weighted by Crippen LogP contribution is 2.60. The Morgan fingerprint density at radius 3 is 2.39 bits per heavy atom. The number of carbonyl (C=O) groups is 3. The molecule has 1 aliphatic heterocycles. The molecule has 28 heavy (non-hydrogen) atoms. The molecule has 0 aromatic heterocycles. The molecular weight excluding hydrogens is 402 g/mol. The van der Waals surface area contributed by atoms with Crippen LogP contribution in [0.15, 0.2) is 29.2 Å². The van der Waals surface area contributed by atoms with Gasteiger partial charge in [0.2, 0.25) is 11.8 Å². The van der Waals surface area contributed by atoms with Crippen LogP contribution in [-0.4, -0.2) is 42.7 Å². The molecule has 2 amide bonds. The van der Waals surface area contributed by atoms with E-state index in [0.717, 1.165) is 0 Å². The van der Waals surface area contributed by atoms with E-state index in [9.17, 15) is 22.8 Å². The number of benzene rings is 1. The van der Waals surface area contributed by atoms with Gasteiger partial charge in [-0.25, -0.2) is 13.2 Å². The number of rotatable bonds is 5. The van der Waals surface area contributed by atoms with Gasteiger partial charge in [0, 0.05) is 5.92 Å². The monoisotopic (exact) mass is 425 g/mol. The number of amides is 2. The number of carbonyl (C=O) groups excluding carboxylic acids is 3. The fraction of sp³-hybridized carbons (Fsp3) is 0.526. The van der Waals surface area contributed by atoms with Gasteiger partial charge in [0.05, 0.1) is 15.9 Å². The van der Waals surface area contributed by atoms with Crippen LogP contribution in [0.1, 0.15) is 44.0 Å². The minimum Gasteiger partial charge on any atom is -0.451 e. The first-order valence-electron chi connectivity index (χ1n) is 8.88. The van der Waals surface area contributed by atoms with Crippen LogP contribution in [0.2, 0.25) is 0 Å². The minimum absolute atomic E-state index is 0.186. The molecule has 2 aliphatic rings. The number of esters is 1. The summed E-state index contributed by atoms with van der Waals surface area (Å²) in [7, 11) is -4.36. The summed E-state index contributed by atoms with van der Waals surface area (Å²) in [6.07, 6.45) is 2.74. The molecule has 1 aliphatic carbocycles. The zero-order valence-corrected chi connectivity index (χ0v) is 17.9. The van der Waals surface area contributed by atoms with E-state index in [1.807, 2.05) is 13.8 Å². The van der Waals surface area contributed by atoms with Crippen molar-refractivity contribution in [2.24, 2.45) is 16.7 Å². The largest absolute Gasteiger partial charge is 0.451 e. The van der Waals surface area contributed by atoms with Gasteiger partial charge < -0.3 is 4.74 Å². The van der Waals surface area contributed by atoms with Crippen molar-refractivity contribution >= 4 is 39.6 Å². The van der Waals surface area contributed by atoms with Crippen molar-refractivity contribution in [1.82, 2.24) is 4.31 Å². The number of ether oxygens (including phenoxy) is 1. The molecule has 7 nitrogen and oxygen atoms in total. The lowest BCUT2D eigenvalue weighted by Gasteiger charge is -2.46. The lowest BCUT2D eigenvalue weighted by atomic mass is 9.63. The van der Waals surface area contributed by atoms with E-state index in [-0.39, 0.29) is 16.4 Å². The molecule has 9 heteroatoms. The number of thioether (sulfide) groups is 1. The maximum Gasteiger partial charge on any atom is 0.338 e. The fourth-order valence-corrected chi connectivity index (χ4v) is 5.77. The van der Waals surface area contributed by atoms with Crippen LogP contribution in [0, 0.1) is 16.7 Å². The number of sulfonamides is 1. The Bertz CT molecular complexity index is 938. The van der Waals surface area contributed by atoms with Crippen LogP contribution in [0.5, 0.6) is 0 Å². The van der Waals surface area contributed by atoms with Crippen molar-refractivity contribution in [2.45, 2.75) is 38.5 Å². The van der Waals surface area contributed by atoms with Gasteiger partial charge in [0.25, 0.3) is 10.0 Å². The second-order valence-corrected chi connectivity index (χ2v) is 10.5. The summed E-state index contributed by atoms with van der Waals surface area (Å²) in [4.78, 5) is 37.7. The van der Waals surface area contributed by atoms with E-state index in [1.54, 1.807) is 13.2 Å². The first-order chi connectivity index (χ1) is 13.0. The third kappa shape index (κ3) is 2.86. The Hall–Kier alpha value is -1.87. The highest BCUT2D eigenvalue weighted by atomic mass is 32.2. The first kappa shape index (κ1) is 20.9. The van der Waals surface area contributed by atoms with Crippen LogP contribution >= 0.6 is 11.8 Å². The van der Waals surface area contributed by atoms with Crippen LogP contribution in [0.25, 0.3) is 0 Å². The summed E-state index contributed by atoms with van der Waals surface area (Å²) in [5.74, 6) is -2.26. The van der Waals surface area contributed by atoms with E-state index < -0.39 is 44.6 Å².